The number of allylic oxidation sites excluding steroid dienone is 1. The molecule has 0 saturated heterocycles. The van der Waals surface area contributed by atoms with E-state index in [-0.39, 0.29) is 17.3 Å². The van der Waals surface area contributed by atoms with E-state index >= 15 is 0 Å². The second-order valence-corrected chi connectivity index (χ2v) is 7.26. The molecule has 2 heterocycles. The zero-order valence-corrected chi connectivity index (χ0v) is 19.4. The van der Waals surface area contributed by atoms with Gasteiger partial charge in [0, 0.05) is 17.2 Å². The summed E-state index contributed by atoms with van der Waals surface area (Å²) in [4.78, 5) is 0. The summed E-state index contributed by atoms with van der Waals surface area (Å²) in [5.74, 6) is 2.12. The maximum Gasteiger partial charge on any atom is 0.244 e. The quantitative estimate of drug-likeness (QED) is 0.540. The highest BCUT2D eigenvalue weighted by Crippen LogP contribution is 2.50. The Morgan fingerprint density at radius 1 is 0.941 bits per heavy atom. The van der Waals surface area contributed by atoms with Crippen LogP contribution in [0.5, 0.6) is 34.6 Å². The van der Waals surface area contributed by atoms with Crippen LogP contribution in [-0.2, 0) is 0 Å². The molecule has 34 heavy (non-hydrogen) atoms. The topological polar surface area (TPSA) is 134 Å². The number of nitrogens with zero attached hydrogens (tertiary/aromatic N) is 2. The lowest BCUT2D eigenvalue weighted by Gasteiger charge is -2.25. The van der Waals surface area contributed by atoms with Gasteiger partial charge >= 0.3 is 0 Å². The Morgan fingerprint density at radius 2 is 1.62 bits per heavy atom. The molecule has 0 spiro atoms. The number of nitrogens with two attached hydrogens (primary N) is 1. The van der Waals surface area contributed by atoms with Gasteiger partial charge in [0.15, 0.2) is 11.5 Å². The number of H-pyrrole nitrogens is 1. The van der Waals surface area contributed by atoms with E-state index in [0.29, 0.717) is 51.1 Å². The highest BCUT2D eigenvalue weighted by Gasteiger charge is 2.37. The molecule has 2 aromatic carbocycles. The van der Waals surface area contributed by atoms with E-state index in [1.54, 1.807) is 38.5 Å². The summed E-state index contributed by atoms with van der Waals surface area (Å²) in [6.07, 6.45) is 0. The molecule has 1 aliphatic heterocycles. The molecule has 3 N–H and O–H groups in total. The van der Waals surface area contributed by atoms with Gasteiger partial charge in [-0.15, -0.1) is 5.10 Å². The van der Waals surface area contributed by atoms with Crippen LogP contribution in [0.2, 0.25) is 0 Å². The Kier molecular flexibility index (Phi) is 6.10. The summed E-state index contributed by atoms with van der Waals surface area (Å²) >= 11 is 0. The summed E-state index contributed by atoms with van der Waals surface area (Å²) in [5, 5.41) is 17.3. The number of nitriles is 1. The fraction of sp³-hybridized carbons (Fsp3) is 0.250. The van der Waals surface area contributed by atoms with Crippen LogP contribution in [-0.4, -0.2) is 45.7 Å². The smallest absolute Gasteiger partial charge is 0.244 e. The standard InChI is InChI=1S/C24H24N4O6/c1-29-13-6-7-14(16(10-13)30-2)19-15(11-25)23(26)34-24-20(19)21(27-28-24)12-8-17(31-3)22(33-5)18(9-12)32-4/h6-10,19H,26H2,1-5H3,(H,27,28). The van der Waals surface area contributed by atoms with Crippen LogP contribution >= 0.6 is 0 Å². The predicted molar refractivity (Wildman–Crippen MR) is 123 cm³/mol. The fourth-order valence-electron chi connectivity index (χ4n) is 4.06. The lowest BCUT2D eigenvalue weighted by Crippen LogP contribution is -2.21. The number of fused-ring (bicyclic) bond motifs is 1. The summed E-state index contributed by atoms with van der Waals surface area (Å²) in [6, 6.07) is 11.1. The van der Waals surface area contributed by atoms with Crippen LogP contribution in [0.1, 0.15) is 17.0 Å². The third-order valence-corrected chi connectivity index (χ3v) is 5.64. The first-order chi connectivity index (χ1) is 16.5. The Hall–Kier alpha value is -4.52. The fourth-order valence-corrected chi connectivity index (χ4v) is 4.06. The SMILES string of the molecule is COc1ccc(C2C(C#N)=C(N)Oc3n[nH]c(-c4cc(OC)c(OC)c(OC)c4)c32)c(OC)c1. The van der Waals surface area contributed by atoms with Gasteiger partial charge in [-0.05, 0) is 18.2 Å². The first-order valence-corrected chi connectivity index (χ1v) is 10.2. The van der Waals surface area contributed by atoms with Gasteiger partial charge in [-0.2, -0.15) is 5.26 Å². The summed E-state index contributed by atoms with van der Waals surface area (Å²) < 4.78 is 33.1. The highest BCUT2D eigenvalue weighted by molar-refractivity contribution is 5.75. The summed E-state index contributed by atoms with van der Waals surface area (Å²) in [7, 11) is 7.72. The zero-order valence-electron chi connectivity index (χ0n) is 19.4. The van der Waals surface area contributed by atoms with Crippen LogP contribution in [0.4, 0.5) is 0 Å². The Balaban J connectivity index is 1.98. The van der Waals surface area contributed by atoms with Gasteiger partial charge in [0.2, 0.25) is 17.5 Å². The third-order valence-electron chi connectivity index (χ3n) is 5.64. The molecule has 176 valence electrons. The van der Waals surface area contributed by atoms with Gasteiger partial charge in [0.1, 0.15) is 23.1 Å². The molecule has 1 aromatic heterocycles. The number of nitrogens with one attached hydrogen (secondary N) is 1. The van der Waals surface area contributed by atoms with E-state index in [1.165, 1.54) is 21.3 Å². The number of methoxy groups -OCH3 is 5. The molecular formula is C24H24N4O6. The van der Waals surface area contributed by atoms with E-state index < -0.39 is 5.92 Å². The molecule has 10 nitrogen and oxygen atoms in total. The van der Waals surface area contributed by atoms with Gasteiger partial charge in [-0.1, -0.05) is 6.07 Å². The minimum Gasteiger partial charge on any atom is -0.497 e. The van der Waals surface area contributed by atoms with Crippen molar-refractivity contribution < 1.29 is 28.4 Å². The minimum absolute atomic E-state index is 0.0270. The van der Waals surface area contributed by atoms with Crippen molar-refractivity contribution in [3.8, 4) is 52.0 Å². The molecule has 0 radical (unpaired) electrons. The number of hydrogen-bond donors (Lipinski definition) is 2. The van der Waals surface area contributed by atoms with Crippen molar-refractivity contribution in [1.29, 1.82) is 5.26 Å². The zero-order chi connectivity index (χ0) is 24.4. The Morgan fingerprint density at radius 3 is 2.18 bits per heavy atom. The molecule has 0 fully saturated rings. The van der Waals surface area contributed by atoms with Crippen molar-refractivity contribution in [3.63, 3.8) is 0 Å². The van der Waals surface area contributed by atoms with Gasteiger partial charge < -0.3 is 34.2 Å². The summed E-state index contributed by atoms with van der Waals surface area (Å²) in [5.41, 5.74) is 8.93. The maximum absolute atomic E-state index is 9.99. The Labute approximate surface area is 196 Å². The first kappa shape index (κ1) is 22.7. The van der Waals surface area contributed by atoms with Crippen LogP contribution in [0.15, 0.2) is 41.8 Å². The van der Waals surface area contributed by atoms with Crippen molar-refractivity contribution in [1.82, 2.24) is 10.2 Å². The van der Waals surface area contributed by atoms with Crippen LogP contribution in [0.25, 0.3) is 11.3 Å². The maximum atomic E-state index is 9.99. The largest absolute Gasteiger partial charge is 0.497 e. The number of benzene rings is 2. The molecule has 0 bridgehead atoms. The van der Waals surface area contributed by atoms with Gasteiger partial charge in [-0.25, -0.2) is 0 Å². The van der Waals surface area contributed by atoms with E-state index in [0.717, 1.165) is 0 Å². The molecule has 0 aliphatic carbocycles. The molecule has 3 aromatic rings. The number of rotatable bonds is 7. The average molecular weight is 464 g/mol. The van der Waals surface area contributed by atoms with Gasteiger partial charge in [-0.3, -0.25) is 5.10 Å². The molecule has 1 unspecified atom stereocenters. The van der Waals surface area contributed by atoms with Crippen molar-refractivity contribution in [2.24, 2.45) is 5.73 Å². The second kappa shape index (κ2) is 9.15. The molecule has 0 amide bonds. The molecular weight excluding hydrogens is 440 g/mol. The predicted octanol–water partition coefficient (Wildman–Crippen LogP) is 3.34. The van der Waals surface area contributed by atoms with Crippen molar-refractivity contribution in [2.75, 3.05) is 35.5 Å². The first-order valence-electron chi connectivity index (χ1n) is 10.2. The second-order valence-electron chi connectivity index (χ2n) is 7.26. The number of aromatic nitrogens is 2. The molecule has 10 heteroatoms. The minimum atomic E-state index is -0.623. The van der Waals surface area contributed by atoms with E-state index in [4.69, 9.17) is 34.2 Å². The third kappa shape index (κ3) is 3.57. The van der Waals surface area contributed by atoms with Crippen LogP contribution in [0, 0.1) is 11.3 Å². The van der Waals surface area contributed by atoms with Gasteiger partial charge in [0.25, 0.3) is 0 Å². The lowest BCUT2D eigenvalue weighted by atomic mass is 9.82. The highest BCUT2D eigenvalue weighted by atomic mass is 16.5. The van der Waals surface area contributed by atoms with Crippen LogP contribution < -0.4 is 34.2 Å². The number of aromatic amines is 1. The number of hydrogen-bond acceptors (Lipinski definition) is 9. The lowest BCUT2D eigenvalue weighted by molar-refractivity contribution is 0.324. The van der Waals surface area contributed by atoms with E-state index in [9.17, 15) is 5.26 Å². The monoisotopic (exact) mass is 464 g/mol. The van der Waals surface area contributed by atoms with E-state index in [1.807, 2.05) is 6.07 Å². The van der Waals surface area contributed by atoms with Crippen LogP contribution in [0.3, 0.4) is 0 Å². The molecule has 4 rings (SSSR count). The van der Waals surface area contributed by atoms with E-state index in [2.05, 4.69) is 16.3 Å². The van der Waals surface area contributed by atoms with Crippen molar-refractivity contribution >= 4 is 0 Å². The normalized spacial score (nSPS) is 14.5. The van der Waals surface area contributed by atoms with Gasteiger partial charge in [0.05, 0.1) is 52.7 Å². The average Bonchev–Trinajstić information content (AvgIpc) is 3.29. The van der Waals surface area contributed by atoms with Crippen molar-refractivity contribution in [3.05, 3.63) is 52.9 Å². The molecule has 1 aliphatic rings. The molecule has 0 saturated carbocycles. The van der Waals surface area contributed by atoms with Crippen molar-refractivity contribution in [2.45, 2.75) is 5.92 Å². The molecule has 1 atom stereocenters. The Bertz CT molecular complexity index is 1280. The summed E-state index contributed by atoms with van der Waals surface area (Å²) in [6.45, 7) is 0. The number of ether oxygens (including phenoxy) is 6.